The second-order valence-electron chi connectivity index (χ2n) is 9.57. The zero-order chi connectivity index (χ0) is 28.4. The van der Waals surface area contributed by atoms with E-state index in [0.29, 0.717) is 16.8 Å². The van der Waals surface area contributed by atoms with Crippen molar-refractivity contribution in [3.63, 3.8) is 0 Å². The van der Waals surface area contributed by atoms with Crippen molar-refractivity contribution in [3.05, 3.63) is 99.2 Å². The van der Waals surface area contributed by atoms with Gasteiger partial charge in [0.1, 0.15) is 10.7 Å². The van der Waals surface area contributed by atoms with Gasteiger partial charge in [0.15, 0.2) is 0 Å². The van der Waals surface area contributed by atoms with Gasteiger partial charge >= 0.3 is 5.97 Å². The molecule has 0 bridgehead atoms. The third kappa shape index (κ3) is 5.86. The largest absolute Gasteiger partial charge is 0.459 e. The first kappa shape index (κ1) is 27.6. The highest BCUT2D eigenvalue weighted by atomic mass is 35.5. The molecule has 3 aromatic carbocycles. The molecule has 0 aromatic heterocycles. The van der Waals surface area contributed by atoms with Crippen LogP contribution in [-0.2, 0) is 14.3 Å². The minimum absolute atomic E-state index is 0.0898. The highest BCUT2D eigenvalue weighted by molar-refractivity contribution is 6.53. The Labute approximate surface area is 231 Å². The predicted octanol–water partition coefficient (Wildman–Crippen LogP) is 5.87. The van der Waals surface area contributed by atoms with E-state index in [-0.39, 0.29) is 28.4 Å². The molecular weight excluding hydrogens is 518 g/mol. The van der Waals surface area contributed by atoms with Crippen molar-refractivity contribution in [1.82, 2.24) is 0 Å². The van der Waals surface area contributed by atoms with Gasteiger partial charge in [-0.2, -0.15) is 0 Å². The Bertz CT molecular complexity index is 1490. The highest BCUT2D eigenvalue weighted by Gasteiger charge is 2.39. The third-order valence-electron chi connectivity index (χ3n) is 6.06. The summed E-state index contributed by atoms with van der Waals surface area (Å²) in [5, 5.41) is 5.58. The number of carbonyl (C=O) groups is 4. The van der Waals surface area contributed by atoms with Crippen molar-refractivity contribution in [2.24, 2.45) is 0 Å². The number of carbonyl (C=O) groups excluding carboxylic acids is 4. The number of hydrogen-bond acceptors (Lipinski definition) is 6. The molecule has 1 aliphatic heterocycles. The Morgan fingerprint density at radius 2 is 1.41 bits per heavy atom. The SMILES string of the molecule is Cc1cc(C)c(NC(=O)c2ccc(NC3=C(Cl)C(=O)N(c4ccc(C(=O)OC(C)C)cc4)C3=O)cc2)c(C)c1. The van der Waals surface area contributed by atoms with E-state index in [0.717, 1.165) is 27.3 Å². The normalized spacial score (nSPS) is 13.3. The van der Waals surface area contributed by atoms with Gasteiger partial charge in [-0.05, 0) is 94.3 Å². The molecule has 0 radical (unpaired) electrons. The topological polar surface area (TPSA) is 105 Å². The van der Waals surface area contributed by atoms with Gasteiger partial charge in [-0.25, -0.2) is 9.69 Å². The van der Waals surface area contributed by atoms with Crippen molar-refractivity contribution in [2.75, 3.05) is 15.5 Å². The van der Waals surface area contributed by atoms with E-state index < -0.39 is 17.8 Å². The maximum Gasteiger partial charge on any atom is 0.338 e. The van der Waals surface area contributed by atoms with Crippen LogP contribution in [-0.4, -0.2) is 29.8 Å². The summed E-state index contributed by atoms with van der Waals surface area (Å²) >= 11 is 6.24. The minimum atomic E-state index is -0.693. The number of anilines is 3. The van der Waals surface area contributed by atoms with Crippen LogP contribution in [0.25, 0.3) is 0 Å². The fraction of sp³-hybridized carbons (Fsp3) is 0.200. The zero-order valence-corrected chi connectivity index (χ0v) is 23.0. The second kappa shape index (κ2) is 11.1. The van der Waals surface area contributed by atoms with Crippen molar-refractivity contribution in [3.8, 4) is 0 Å². The van der Waals surface area contributed by atoms with E-state index in [1.807, 2.05) is 32.9 Å². The Balaban J connectivity index is 1.46. The fourth-order valence-corrected chi connectivity index (χ4v) is 4.50. The van der Waals surface area contributed by atoms with Gasteiger partial charge in [0.2, 0.25) is 0 Å². The molecule has 0 saturated carbocycles. The molecular formula is C30H28ClN3O5. The van der Waals surface area contributed by atoms with Crippen LogP contribution in [0.15, 0.2) is 71.4 Å². The van der Waals surface area contributed by atoms with Crippen LogP contribution in [0.4, 0.5) is 17.1 Å². The molecule has 0 saturated heterocycles. The number of nitrogens with one attached hydrogen (secondary N) is 2. The Morgan fingerprint density at radius 1 is 0.846 bits per heavy atom. The molecule has 1 aliphatic rings. The number of rotatable bonds is 7. The van der Waals surface area contributed by atoms with Crippen LogP contribution in [0.1, 0.15) is 51.3 Å². The van der Waals surface area contributed by atoms with Gasteiger partial charge in [-0.3, -0.25) is 14.4 Å². The first-order valence-electron chi connectivity index (χ1n) is 12.3. The quantitative estimate of drug-likeness (QED) is 0.284. The lowest BCUT2D eigenvalue weighted by molar-refractivity contribution is -0.120. The van der Waals surface area contributed by atoms with Crippen LogP contribution < -0.4 is 15.5 Å². The summed E-state index contributed by atoms with van der Waals surface area (Å²) in [7, 11) is 0. The number of amides is 3. The lowest BCUT2D eigenvalue weighted by Crippen LogP contribution is -2.32. The number of imide groups is 1. The van der Waals surface area contributed by atoms with Crippen LogP contribution in [0.2, 0.25) is 0 Å². The van der Waals surface area contributed by atoms with Gasteiger partial charge in [-0.15, -0.1) is 0 Å². The first-order chi connectivity index (χ1) is 18.5. The monoisotopic (exact) mass is 545 g/mol. The lowest BCUT2D eigenvalue weighted by Gasteiger charge is -2.16. The summed E-state index contributed by atoms with van der Waals surface area (Å²) in [6.07, 6.45) is -0.277. The number of esters is 1. The summed E-state index contributed by atoms with van der Waals surface area (Å²) in [6.45, 7) is 9.37. The number of ether oxygens (including phenoxy) is 1. The molecule has 8 nitrogen and oxygen atoms in total. The van der Waals surface area contributed by atoms with Crippen molar-refractivity contribution in [1.29, 1.82) is 0 Å². The van der Waals surface area contributed by atoms with E-state index in [1.54, 1.807) is 38.1 Å². The molecule has 0 aliphatic carbocycles. The standard InChI is InChI=1S/C30H28ClN3O5/c1-16(2)39-30(38)21-8-12-23(13-9-21)34-28(36)24(31)26(29(34)37)32-22-10-6-20(7-11-22)27(35)33-25-18(4)14-17(3)15-19(25)5/h6-16,32H,1-5H3,(H,33,35). The number of nitrogens with zero attached hydrogens (tertiary/aromatic N) is 1. The minimum Gasteiger partial charge on any atom is -0.459 e. The average Bonchev–Trinajstić information content (AvgIpc) is 3.09. The first-order valence-corrected chi connectivity index (χ1v) is 12.7. The van der Waals surface area contributed by atoms with Gasteiger partial charge in [0.05, 0.1) is 17.4 Å². The second-order valence-corrected chi connectivity index (χ2v) is 9.94. The van der Waals surface area contributed by atoms with Crippen LogP contribution in [0.5, 0.6) is 0 Å². The summed E-state index contributed by atoms with van der Waals surface area (Å²) in [5.74, 6) is -2.11. The Kier molecular flexibility index (Phi) is 7.88. The number of halogens is 1. The van der Waals surface area contributed by atoms with E-state index >= 15 is 0 Å². The zero-order valence-electron chi connectivity index (χ0n) is 22.2. The van der Waals surface area contributed by atoms with E-state index in [1.165, 1.54) is 24.3 Å². The Morgan fingerprint density at radius 3 is 1.97 bits per heavy atom. The molecule has 39 heavy (non-hydrogen) atoms. The number of benzene rings is 3. The smallest absolute Gasteiger partial charge is 0.338 e. The van der Waals surface area contributed by atoms with Gasteiger partial charge < -0.3 is 15.4 Å². The predicted molar refractivity (Wildman–Crippen MR) is 151 cm³/mol. The van der Waals surface area contributed by atoms with Gasteiger partial charge in [0.25, 0.3) is 17.7 Å². The highest BCUT2D eigenvalue weighted by Crippen LogP contribution is 2.30. The number of aryl methyl sites for hydroxylation is 3. The maximum absolute atomic E-state index is 13.1. The molecule has 0 spiro atoms. The van der Waals surface area contributed by atoms with Crippen molar-refractivity contribution >= 4 is 52.4 Å². The average molecular weight is 546 g/mol. The molecule has 1 heterocycles. The summed E-state index contributed by atoms with van der Waals surface area (Å²) in [6, 6.07) is 16.4. The molecule has 4 rings (SSSR count). The summed E-state index contributed by atoms with van der Waals surface area (Å²) in [4.78, 5) is 51.8. The fourth-order valence-electron chi connectivity index (χ4n) is 4.29. The molecule has 2 N–H and O–H groups in total. The summed E-state index contributed by atoms with van der Waals surface area (Å²) in [5.41, 5.74) is 5.19. The van der Waals surface area contributed by atoms with E-state index in [2.05, 4.69) is 10.6 Å². The lowest BCUT2D eigenvalue weighted by atomic mass is 10.0. The molecule has 3 aromatic rings. The van der Waals surface area contributed by atoms with E-state index in [9.17, 15) is 19.2 Å². The van der Waals surface area contributed by atoms with Crippen LogP contribution in [0.3, 0.4) is 0 Å². The number of hydrogen-bond donors (Lipinski definition) is 2. The molecule has 0 unspecified atom stereocenters. The third-order valence-corrected chi connectivity index (χ3v) is 6.41. The van der Waals surface area contributed by atoms with Gasteiger partial charge in [-0.1, -0.05) is 29.3 Å². The van der Waals surface area contributed by atoms with Crippen molar-refractivity contribution in [2.45, 2.75) is 40.7 Å². The van der Waals surface area contributed by atoms with E-state index in [4.69, 9.17) is 16.3 Å². The van der Waals surface area contributed by atoms with Crippen LogP contribution in [0, 0.1) is 20.8 Å². The summed E-state index contributed by atoms with van der Waals surface area (Å²) < 4.78 is 5.16. The van der Waals surface area contributed by atoms with Crippen molar-refractivity contribution < 1.29 is 23.9 Å². The maximum atomic E-state index is 13.1. The molecule has 0 fully saturated rings. The molecule has 3 amide bonds. The molecule has 0 atom stereocenters. The molecule has 9 heteroatoms. The molecule has 200 valence electrons. The Hall–Kier alpha value is -4.43. The van der Waals surface area contributed by atoms with Crippen LogP contribution >= 0.6 is 11.6 Å². The van der Waals surface area contributed by atoms with Gasteiger partial charge in [0, 0.05) is 16.9 Å².